The molecule has 29 heavy (non-hydrogen) atoms. The smallest absolute Gasteiger partial charge is 0.327 e. The number of carbonyl (C=O) groups is 2. The molecule has 3 heterocycles. The van der Waals surface area contributed by atoms with Crippen molar-refractivity contribution in [1.82, 2.24) is 19.7 Å². The van der Waals surface area contributed by atoms with Gasteiger partial charge in [-0.15, -0.1) is 0 Å². The molecule has 152 valence electrons. The highest BCUT2D eigenvalue weighted by Crippen LogP contribution is 2.37. The van der Waals surface area contributed by atoms with Crippen molar-refractivity contribution in [3.05, 3.63) is 59.9 Å². The Labute approximate surface area is 170 Å². The molecular weight excluding hydrogens is 368 g/mol. The van der Waals surface area contributed by atoms with Crippen LogP contribution in [-0.2, 0) is 17.9 Å². The zero-order valence-corrected chi connectivity index (χ0v) is 16.9. The minimum atomic E-state index is -0.727. The number of likely N-dealkylation sites (N-methyl/N-ethyl adjacent to an activating group) is 1. The first-order valence-corrected chi connectivity index (χ1v) is 9.87. The molecule has 7 nitrogen and oxygen atoms in total. The lowest BCUT2D eigenvalue weighted by Gasteiger charge is -2.40. The molecule has 2 saturated heterocycles. The van der Waals surface area contributed by atoms with Gasteiger partial charge in [-0.3, -0.25) is 19.6 Å². The number of hydrogen-bond donors (Lipinski definition) is 0. The van der Waals surface area contributed by atoms with E-state index in [1.54, 1.807) is 25.3 Å². The van der Waals surface area contributed by atoms with Crippen LogP contribution in [0.5, 0.6) is 5.75 Å². The van der Waals surface area contributed by atoms with Gasteiger partial charge in [0.25, 0.3) is 5.91 Å². The van der Waals surface area contributed by atoms with Crippen LogP contribution in [-0.4, -0.2) is 64.4 Å². The fourth-order valence-electron chi connectivity index (χ4n) is 4.28. The van der Waals surface area contributed by atoms with E-state index in [2.05, 4.69) is 16.0 Å². The molecule has 0 bridgehead atoms. The van der Waals surface area contributed by atoms with E-state index in [1.165, 1.54) is 4.90 Å². The number of aromatic nitrogens is 1. The molecule has 0 aliphatic carbocycles. The molecule has 2 aromatic rings. The summed E-state index contributed by atoms with van der Waals surface area (Å²) in [5.74, 6) is 0.671. The summed E-state index contributed by atoms with van der Waals surface area (Å²) in [7, 11) is 3.37. The summed E-state index contributed by atoms with van der Waals surface area (Å²) in [6, 6.07) is 11.2. The first kappa shape index (κ1) is 19.4. The number of benzene rings is 1. The highest BCUT2D eigenvalue weighted by molar-refractivity contribution is 6.06. The van der Waals surface area contributed by atoms with Crippen LogP contribution < -0.4 is 4.74 Å². The maximum atomic E-state index is 13.3. The average Bonchev–Trinajstić information content (AvgIpc) is 2.93. The van der Waals surface area contributed by atoms with Gasteiger partial charge in [-0.05, 0) is 42.2 Å². The van der Waals surface area contributed by atoms with E-state index >= 15 is 0 Å². The van der Waals surface area contributed by atoms with Gasteiger partial charge in [0.1, 0.15) is 11.3 Å². The van der Waals surface area contributed by atoms with Crippen LogP contribution in [0.15, 0.2) is 48.8 Å². The molecule has 0 unspecified atom stereocenters. The van der Waals surface area contributed by atoms with Crippen LogP contribution in [0.2, 0.25) is 0 Å². The minimum Gasteiger partial charge on any atom is -0.497 e. The Balaban J connectivity index is 1.44. The highest BCUT2D eigenvalue weighted by Gasteiger charge is 2.56. The van der Waals surface area contributed by atoms with Gasteiger partial charge < -0.3 is 9.64 Å². The fourth-order valence-corrected chi connectivity index (χ4v) is 4.28. The molecular formula is C22H26N4O3. The Morgan fingerprint density at radius 3 is 2.38 bits per heavy atom. The molecule has 2 aliphatic rings. The summed E-state index contributed by atoms with van der Waals surface area (Å²) < 4.78 is 5.18. The van der Waals surface area contributed by atoms with Gasteiger partial charge in [-0.1, -0.05) is 18.2 Å². The van der Waals surface area contributed by atoms with E-state index in [0.29, 0.717) is 12.8 Å². The Kier molecular flexibility index (Phi) is 5.24. The first-order valence-electron chi connectivity index (χ1n) is 9.87. The van der Waals surface area contributed by atoms with Gasteiger partial charge >= 0.3 is 6.03 Å². The molecule has 1 spiro atoms. The highest BCUT2D eigenvalue weighted by atomic mass is 16.5. The van der Waals surface area contributed by atoms with Gasteiger partial charge in [0.05, 0.1) is 13.7 Å². The van der Waals surface area contributed by atoms with Crippen LogP contribution >= 0.6 is 0 Å². The van der Waals surface area contributed by atoms with Crippen molar-refractivity contribution in [2.45, 2.75) is 31.5 Å². The number of pyridine rings is 1. The van der Waals surface area contributed by atoms with Crippen LogP contribution in [0.25, 0.3) is 0 Å². The first-order chi connectivity index (χ1) is 14.0. The SMILES string of the molecule is COc1ccc(CN2C(=O)N(C)C3(CCN(Cc4cccnc4)CC3)C2=O)cc1. The number of likely N-dealkylation sites (tertiary alicyclic amines) is 1. The molecule has 7 heteroatoms. The van der Waals surface area contributed by atoms with Crippen molar-refractivity contribution in [2.24, 2.45) is 0 Å². The largest absolute Gasteiger partial charge is 0.497 e. The van der Waals surface area contributed by atoms with Crippen molar-refractivity contribution in [1.29, 1.82) is 0 Å². The summed E-state index contributed by atoms with van der Waals surface area (Å²) in [6.07, 6.45) is 4.93. The number of nitrogens with zero attached hydrogens (tertiary/aromatic N) is 4. The normalized spacial score (nSPS) is 19.2. The van der Waals surface area contributed by atoms with Crippen LogP contribution in [0.1, 0.15) is 24.0 Å². The maximum absolute atomic E-state index is 13.3. The third-order valence-corrected chi connectivity index (χ3v) is 6.12. The molecule has 0 saturated carbocycles. The molecule has 0 N–H and O–H groups in total. The molecule has 4 rings (SSSR count). The number of methoxy groups -OCH3 is 1. The van der Waals surface area contributed by atoms with Gasteiger partial charge in [-0.2, -0.15) is 0 Å². The van der Waals surface area contributed by atoms with E-state index in [0.717, 1.165) is 36.5 Å². The lowest BCUT2D eigenvalue weighted by atomic mass is 9.86. The van der Waals surface area contributed by atoms with E-state index < -0.39 is 5.54 Å². The number of ether oxygens (including phenoxy) is 1. The predicted octanol–water partition coefficient (Wildman–Crippen LogP) is 2.52. The van der Waals surface area contributed by atoms with E-state index in [-0.39, 0.29) is 18.5 Å². The lowest BCUT2D eigenvalue weighted by Crippen LogP contribution is -2.55. The van der Waals surface area contributed by atoms with Crippen LogP contribution in [0, 0.1) is 0 Å². The summed E-state index contributed by atoms with van der Waals surface area (Å²) in [5.41, 5.74) is 1.34. The quantitative estimate of drug-likeness (QED) is 0.729. The summed E-state index contributed by atoms with van der Waals surface area (Å²) in [4.78, 5) is 35.7. The third kappa shape index (κ3) is 3.58. The second kappa shape index (κ2) is 7.83. The Hall–Kier alpha value is -2.93. The summed E-state index contributed by atoms with van der Waals surface area (Å²) >= 11 is 0. The Morgan fingerprint density at radius 1 is 1.03 bits per heavy atom. The zero-order valence-electron chi connectivity index (χ0n) is 16.9. The topological polar surface area (TPSA) is 66.0 Å². The second-order valence-corrected chi connectivity index (χ2v) is 7.75. The van der Waals surface area contributed by atoms with Gasteiger partial charge in [0.15, 0.2) is 0 Å². The second-order valence-electron chi connectivity index (χ2n) is 7.75. The van der Waals surface area contributed by atoms with Gasteiger partial charge in [-0.25, -0.2) is 4.79 Å². The number of urea groups is 1. The molecule has 3 amide bonds. The molecule has 1 aromatic heterocycles. The van der Waals surface area contributed by atoms with Crippen LogP contribution in [0.3, 0.4) is 0 Å². The van der Waals surface area contributed by atoms with Crippen molar-refractivity contribution >= 4 is 11.9 Å². The average molecular weight is 394 g/mol. The third-order valence-electron chi connectivity index (χ3n) is 6.12. The number of piperidine rings is 1. The standard InChI is InChI=1S/C22H26N4O3/c1-24-21(28)26(16-17-5-7-19(29-2)8-6-17)20(27)22(24)9-12-25(13-10-22)15-18-4-3-11-23-14-18/h3-8,11,14H,9-10,12-13,15-16H2,1-2H3. The molecule has 1 aromatic carbocycles. The van der Waals surface area contributed by atoms with Gasteiger partial charge in [0, 0.05) is 39.1 Å². The summed E-state index contributed by atoms with van der Waals surface area (Å²) in [5, 5.41) is 0. The fraction of sp³-hybridized carbons (Fsp3) is 0.409. The number of amides is 3. The minimum absolute atomic E-state index is 0.0816. The Bertz CT molecular complexity index is 877. The van der Waals surface area contributed by atoms with Crippen molar-refractivity contribution in [3.8, 4) is 5.75 Å². The molecule has 0 radical (unpaired) electrons. The van der Waals surface area contributed by atoms with E-state index in [9.17, 15) is 9.59 Å². The van der Waals surface area contributed by atoms with Gasteiger partial charge in [0.2, 0.25) is 0 Å². The molecule has 0 atom stereocenters. The Morgan fingerprint density at radius 2 is 1.76 bits per heavy atom. The van der Waals surface area contributed by atoms with Crippen molar-refractivity contribution < 1.29 is 14.3 Å². The number of hydrogen-bond acceptors (Lipinski definition) is 5. The zero-order chi connectivity index (χ0) is 20.4. The lowest BCUT2D eigenvalue weighted by molar-refractivity contribution is -0.135. The summed E-state index contributed by atoms with van der Waals surface area (Å²) in [6.45, 7) is 2.64. The predicted molar refractivity (Wildman–Crippen MR) is 108 cm³/mol. The maximum Gasteiger partial charge on any atom is 0.327 e. The van der Waals surface area contributed by atoms with E-state index in [1.807, 2.05) is 36.5 Å². The van der Waals surface area contributed by atoms with Crippen molar-refractivity contribution in [3.63, 3.8) is 0 Å². The molecule has 2 fully saturated rings. The van der Waals surface area contributed by atoms with Crippen molar-refractivity contribution in [2.75, 3.05) is 27.2 Å². The number of imide groups is 1. The van der Waals surface area contributed by atoms with E-state index in [4.69, 9.17) is 4.74 Å². The monoisotopic (exact) mass is 394 g/mol. The molecule has 2 aliphatic heterocycles. The number of rotatable bonds is 5. The van der Waals surface area contributed by atoms with Crippen LogP contribution in [0.4, 0.5) is 4.79 Å². The number of carbonyl (C=O) groups excluding carboxylic acids is 2.